The van der Waals surface area contributed by atoms with Crippen molar-refractivity contribution in [2.24, 2.45) is 0 Å². The van der Waals surface area contributed by atoms with E-state index in [4.69, 9.17) is 4.98 Å². The van der Waals surface area contributed by atoms with Crippen LogP contribution in [-0.2, 0) is 14.6 Å². The molecule has 2 aliphatic heterocycles. The Morgan fingerprint density at radius 2 is 2.12 bits per heavy atom. The molecular formula is C18H23N3O3S2. The largest absolute Gasteiger partial charge is 0.351 e. The van der Waals surface area contributed by atoms with Crippen LogP contribution in [0.4, 0.5) is 0 Å². The number of para-hydroxylation sites is 1. The van der Waals surface area contributed by atoms with Crippen LogP contribution in [0.15, 0.2) is 24.3 Å². The lowest BCUT2D eigenvalue weighted by Crippen LogP contribution is -2.45. The maximum Gasteiger partial charge on any atom is 0.234 e. The first kappa shape index (κ1) is 17.9. The third kappa shape index (κ3) is 3.92. The lowest BCUT2D eigenvalue weighted by molar-refractivity contribution is -0.123. The summed E-state index contributed by atoms with van der Waals surface area (Å²) in [7, 11) is -2.98. The Hall–Kier alpha value is -1.51. The van der Waals surface area contributed by atoms with E-state index in [0.717, 1.165) is 36.3 Å². The van der Waals surface area contributed by atoms with Crippen molar-refractivity contribution in [1.82, 2.24) is 15.2 Å². The monoisotopic (exact) mass is 393 g/mol. The van der Waals surface area contributed by atoms with Gasteiger partial charge in [-0.3, -0.25) is 9.69 Å². The molecule has 1 aromatic carbocycles. The van der Waals surface area contributed by atoms with Gasteiger partial charge in [0.25, 0.3) is 0 Å². The number of nitrogens with zero attached hydrogens (tertiary/aromatic N) is 2. The van der Waals surface area contributed by atoms with Crippen LogP contribution in [0.1, 0.15) is 36.7 Å². The summed E-state index contributed by atoms with van der Waals surface area (Å²) in [5.74, 6) is 0.163. The zero-order chi connectivity index (χ0) is 18.1. The van der Waals surface area contributed by atoms with Gasteiger partial charge in [0.1, 0.15) is 5.01 Å². The quantitative estimate of drug-likeness (QED) is 0.861. The molecule has 2 saturated heterocycles. The predicted molar refractivity (Wildman–Crippen MR) is 103 cm³/mol. The van der Waals surface area contributed by atoms with E-state index in [9.17, 15) is 13.2 Å². The smallest absolute Gasteiger partial charge is 0.234 e. The summed E-state index contributed by atoms with van der Waals surface area (Å²) in [6.07, 6.45) is 3.74. The maximum atomic E-state index is 12.5. The Kier molecular flexibility index (Phi) is 4.98. The van der Waals surface area contributed by atoms with Crippen molar-refractivity contribution in [3.8, 4) is 0 Å². The fraction of sp³-hybridized carbons (Fsp3) is 0.556. The third-order valence-electron chi connectivity index (χ3n) is 5.15. The third-order valence-corrected chi connectivity index (χ3v) is 8.06. The average molecular weight is 394 g/mol. The molecule has 1 aromatic heterocycles. The van der Waals surface area contributed by atoms with Gasteiger partial charge >= 0.3 is 0 Å². The van der Waals surface area contributed by atoms with Crippen molar-refractivity contribution in [3.05, 3.63) is 29.3 Å². The van der Waals surface area contributed by atoms with Crippen LogP contribution in [0, 0.1) is 0 Å². The van der Waals surface area contributed by atoms with Crippen molar-refractivity contribution < 1.29 is 13.2 Å². The molecule has 0 aliphatic carbocycles. The van der Waals surface area contributed by atoms with E-state index in [0.29, 0.717) is 13.0 Å². The van der Waals surface area contributed by atoms with Crippen molar-refractivity contribution in [2.45, 2.75) is 37.8 Å². The second kappa shape index (κ2) is 7.25. The first-order valence-electron chi connectivity index (χ1n) is 9.09. The molecule has 6 nitrogen and oxygen atoms in total. The molecule has 3 heterocycles. The molecule has 0 radical (unpaired) electrons. The van der Waals surface area contributed by atoms with E-state index in [-0.39, 0.29) is 29.5 Å². The molecule has 2 fully saturated rings. The molecule has 1 amide bonds. The molecule has 2 atom stereocenters. The van der Waals surface area contributed by atoms with Gasteiger partial charge in [-0.15, -0.1) is 11.3 Å². The van der Waals surface area contributed by atoms with Gasteiger partial charge in [0.2, 0.25) is 5.91 Å². The van der Waals surface area contributed by atoms with E-state index >= 15 is 0 Å². The van der Waals surface area contributed by atoms with Crippen LogP contribution in [0.2, 0.25) is 0 Å². The summed E-state index contributed by atoms with van der Waals surface area (Å²) in [5, 5.41) is 3.98. The van der Waals surface area contributed by atoms with Gasteiger partial charge in [-0.05, 0) is 37.9 Å². The number of thiazole rings is 1. The lowest BCUT2D eigenvalue weighted by atomic mass is 10.0. The number of carbonyl (C=O) groups is 1. The Morgan fingerprint density at radius 1 is 1.27 bits per heavy atom. The highest BCUT2D eigenvalue weighted by atomic mass is 32.2. The normalized spacial score (nSPS) is 26.2. The Balaban J connectivity index is 1.44. The summed E-state index contributed by atoms with van der Waals surface area (Å²) in [4.78, 5) is 19.4. The fourth-order valence-electron chi connectivity index (χ4n) is 3.86. The van der Waals surface area contributed by atoms with Crippen molar-refractivity contribution in [3.63, 3.8) is 0 Å². The standard InChI is InChI=1S/C18H23N3O3S2/c22-17(19-13-8-10-26(23,24)12-13)11-21-9-4-3-6-15(21)18-20-14-5-1-2-7-16(14)25-18/h1-2,5,7,13,15H,3-4,6,8-12H2,(H,19,22)/t13-,15-/m1/s1. The van der Waals surface area contributed by atoms with E-state index in [1.165, 1.54) is 4.70 Å². The summed E-state index contributed by atoms with van der Waals surface area (Å²) >= 11 is 1.70. The fourth-order valence-corrected chi connectivity index (χ4v) is 6.67. The lowest BCUT2D eigenvalue weighted by Gasteiger charge is -2.34. The number of amides is 1. The molecule has 140 valence electrons. The first-order chi connectivity index (χ1) is 12.5. The Morgan fingerprint density at radius 3 is 2.88 bits per heavy atom. The van der Waals surface area contributed by atoms with Crippen LogP contribution in [0.25, 0.3) is 10.2 Å². The van der Waals surface area contributed by atoms with Gasteiger partial charge in [-0.25, -0.2) is 13.4 Å². The van der Waals surface area contributed by atoms with Crippen molar-refractivity contribution in [1.29, 1.82) is 0 Å². The zero-order valence-electron chi connectivity index (χ0n) is 14.6. The molecule has 0 saturated carbocycles. The van der Waals surface area contributed by atoms with Crippen LogP contribution in [-0.4, -0.2) is 54.8 Å². The molecule has 0 spiro atoms. The van der Waals surface area contributed by atoms with E-state index in [1.54, 1.807) is 11.3 Å². The molecule has 26 heavy (non-hydrogen) atoms. The number of sulfone groups is 1. The van der Waals surface area contributed by atoms with Gasteiger partial charge in [0.15, 0.2) is 9.84 Å². The van der Waals surface area contributed by atoms with Gasteiger partial charge in [0.05, 0.1) is 34.3 Å². The van der Waals surface area contributed by atoms with Crippen molar-refractivity contribution in [2.75, 3.05) is 24.6 Å². The summed E-state index contributed by atoms with van der Waals surface area (Å²) in [6, 6.07) is 8.05. The van der Waals surface area contributed by atoms with E-state index in [2.05, 4.69) is 16.3 Å². The average Bonchev–Trinajstić information content (AvgIpc) is 3.18. The molecule has 4 rings (SSSR count). The number of piperidine rings is 1. The Bertz CT molecular complexity index is 876. The van der Waals surface area contributed by atoms with Crippen LogP contribution in [0.3, 0.4) is 0 Å². The SMILES string of the molecule is O=C(CN1CCCC[C@@H]1c1nc2ccccc2s1)N[C@@H]1CCS(=O)(=O)C1. The van der Waals surface area contributed by atoms with Gasteiger partial charge < -0.3 is 5.32 Å². The minimum Gasteiger partial charge on any atom is -0.351 e. The number of rotatable bonds is 4. The first-order valence-corrected chi connectivity index (χ1v) is 11.7. The molecule has 0 bridgehead atoms. The van der Waals surface area contributed by atoms with Gasteiger partial charge in [0, 0.05) is 6.04 Å². The topological polar surface area (TPSA) is 79.4 Å². The zero-order valence-corrected chi connectivity index (χ0v) is 16.2. The molecule has 1 N–H and O–H groups in total. The number of aromatic nitrogens is 1. The minimum absolute atomic E-state index is 0.0695. The number of likely N-dealkylation sites (tertiary alicyclic amines) is 1. The number of benzene rings is 1. The van der Waals surface area contributed by atoms with Crippen LogP contribution in [0.5, 0.6) is 0 Å². The Labute approximate surface area is 157 Å². The van der Waals surface area contributed by atoms with Crippen LogP contribution >= 0.6 is 11.3 Å². The van der Waals surface area contributed by atoms with E-state index in [1.807, 2.05) is 18.2 Å². The molecule has 2 aliphatic rings. The highest BCUT2D eigenvalue weighted by Crippen LogP contribution is 2.35. The second-order valence-corrected chi connectivity index (χ2v) is 10.5. The molecule has 8 heteroatoms. The number of nitrogens with one attached hydrogen (secondary N) is 1. The predicted octanol–water partition coefficient (Wildman–Crippen LogP) is 2.13. The summed E-state index contributed by atoms with van der Waals surface area (Å²) in [5.41, 5.74) is 1.01. The highest BCUT2D eigenvalue weighted by Gasteiger charge is 2.31. The maximum absolute atomic E-state index is 12.5. The molecule has 2 aromatic rings. The van der Waals surface area contributed by atoms with Crippen molar-refractivity contribution >= 4 is 37.3 Å². The molecule has 0 unspecified atom stereocenters. The van der Waals surface area contributed by atoms with Gasteiger partial charge in [-0.1, -0.05) is 18.6 Å². The number of fused-ring (bicyclic) bond motifs is 1. The number of hydrogen-bond donors (Lipinski definition) is 1. The summed E-state index contributed by atoms with van der Waals surface area (Å²) in [6.45, 7) is 1.17. The van der Waals surface area contributed by atoms with Crippen LogP contribution < -0.4 is 5.32 Å². The highest BCUT2D eigenvalue weighted by molar-refractivity contribution is 7.91. The molecular weight excluding hydrogens is 370 g/mol. The van der Waals surface area contributed by atoms with Gasteiger partial charge in [-0.2, -0.15) is 0 Å². The second-order valence-electron chi connectivity index (χ2n) is 7.17. The summed E-state index contributed by atoms with van der Waals surface area (Å²) < 4.78 is 24.3. The van der Waals surface area contributed by atoms with E-state index < -0.39 is 9.84 Å². The number of carbonyl (C=O) groups excluding carboxylic acids is 1. The number of hydrogen-bond acceptors (Lipinski definition) is 6. The minimum atomic E-state index is -2.98.